The van der Waals surface area contributed by atoms with E-state index < -0.39 is 15.6 Å². The van der Waals surface area contributed by atoms with Gasteiger partial charge in [-0.25, -0.2) is 13.4 Å². The van der Waals surface area contributed by atoms with E-state index in [1.54, 1.807) is 4.31 Å². The van der Waals surface area contributed by atoms with Gasteiger partial charge in [-0.2, -0.15) is 4.31 Å². The molecule has 0 atom stereocenters. The van der Waals surface area contributed by atoms with Gasteiger partial charge >= 0.3 is 0 Å². The Hall–Kier alpha value is -2.19. The molecule has 30 heavy (non-hydrogen) atoms. The van der Waals surface area contributed by atoms with Crippen LogP contribution in [0, 0.1) is 5.92 Å². The predicted molar refractivity (Wildman–Crippen MR) is 116 cm³/mol. The first-order valence-corrected chi connectivity index (χ1v) is 12.4. The lowest BCUT2D eigenvalue weighted by Gasteiger charge is -2.49. The molecule has 1 spiro atoms. The first-order valence-electron chi connectivity index (χ1n) is 10.6. The molecule has 0 aliphatic carbocycles. The van der Waals surface area contributed by atoms with Crippen molar-refractivity contribution in [3.8, 4) is 11.3 Å². The number of likely N-dealkylation sites (tertiary alicyclic amines) is 1. The number of rotatable bonds is 4. The van der Waals surface area contributed by atoms with Crippen molar-refractivity contribution in [1.82, 2.24) is 18.8 Å². The Morgan fingerprint density at radius 1 is 1.10 bits per heavy atom. The van der Waals surface area contributed by atoms with Crippen LogP contribution in [0.5, 0.6) is 0 Å². The summed E-state index contributed by atoms with van der Waals surface area (Å²) in [6.45, 7) is 6.16. The van der Waals surface area contributed by atoms with Crippen LogP contribution in [0.3, 0.4) is 0 Å². The molecule has 0 radical (unpaired) electrons. The van der Waals surface area contributed by atoms with E-state index in [9.17, 15) is 13.2 Å². The number of hydrogen-bond donors (Lipinski definition) is 0. The summed E-state index contributed by atoms with van der Waals surface area (Å²) in [6.07, 6.45) is 4.79. The highest BCUT2D eigenvalue weighted by atomic mass is 32.2. The van der Waals surface area contributed by atoms with Gasteiger partial charge in [0, 0.05) is 32.6 Å². The van der Waals surface area contributed by atoms with Gasteiger partial charge in [-0.05, 0) is 24.3 Å². The van der Waals surface area contributed by atoms with Gasteiger partial charge in [0.15, 0.2) is 0 Å². The Morgan fingerprint density at radius 3 is 2.37 bits per heavy atom. The van der Waals surface area contributed by atoms with Gasteiger partial charge < -0.3 is 9.47 Å². The van der Waals surface area contributed by atoms with Gasteiger partial charge in [0.05, 0.1) is 23.7 Å². The van der Waals surface area contributed by atoms with Crippen LogP contribution in [0.2, 0.25) is 0 Å². The largest absolute Gasteiger partial charge is 0.343 e. The summed E-state index contributed by atoms with van der Waals surface area (Å²) in [6, 6.07) is 10.1. The quantitative estimate of drug-likeness (QED) is 0.747. The number of fused-ring (bicyclic) bond motifs is 2. The molecule has 2 aromatic rings. The van der Waals surface area contributed by atoms with Gasteiger partial charge in [0.25, 0.3) is 0 Å². The Labute approximate surface area is 178 Å². The van der Waals surface area contributed by atoms with Crippen molar-refractivity contribution >= 4 is 15.9 Å². The Balaban J connectivity index is 1.71. The maximum Gasteiger partial charge on any atom is 0.222 e. The fraction of sp³-hybridized carbons (Fsp3) is 0.545. The molecule has 2 aliphatic heterocycles. The first-order chi connectivity index (χ1) is 14.2. The molecule has 0 saturated carbocycles. The SMILES string of the molecule is CC(C)CC(=O)N1CCC2(CC1)c1ncc(-c3ccccc3)n1CCN2S(C)(=O)=O. The fourth-order valence-electron chi connectivity index (χ4n) is 4.89. The lowest BCUT2D eigenvalue weighted by Crippen LogP contribution is -2.59. The maximum atomic E-state index is 12.7. The number of sulfonamides is 1. The lowest BCUT2D eigenvalue weighted by atomic mass is 9.84. The zero-order chi connectivity index (χ0) is 21.5. The third kappa shape index (κ3) is 3.67. The number of carbonyl (C=O) groups excluding carboxylic acids is 1. The molecule has 1 saturated heterocycles. The van der Waals surface area contributed by atoms with E-state index in [1.807, 2.05) is 55.3 Å². The number of carbonyl (C=O) groups is 1. The minimum atomic E-state index is -3.41. The third-order valence-corrected chi connectivity index (χ3v) is 7.60. The van der Waals surface area contributed by atoms with E-state index in [1.165, 1.54) is 6.26 Å². The highest BCUT2D eigenvalue weighted by Gasteiger charge is 2.51. The Kier molecular flexibility index (Phi) is 5.48. The van der Waals surface area contributed by atoms with E-state index in [0.29, 0.717) is 51.4 Å². The van der Waals surface area contributed by atoms with Crippen LogP contribution in [0.4, 0.5) is 0 Å². The third-order valence-electron chi connectivity index (χ3n) is 6.27. The van der Waals surface area contributed by atoms with Crippen LogP contribution in [-0.2, 0) is 26.9 Å². The van der Waals surface area contributed by atoms with Crippen LogP contribution in [0.25, 0.3) is 11.3 Å². The van der Waals surface area contributed by atoms with E-state index in [4.69, 9.17) is 4.98 Å². The summed E-state index contributed by atoms with van der Waals surface area (Å²) < 4.78 is 29.2. The first kappa shape index (κ1) is 21.1. The van der Waals surface area contributed by atoms with E-state index in [-0.39, 0.29) is 5.91 Å². The molecule has 1 aromatic heterocycles. The topological polar surface area (TPSA) is 75.5 Å². The highest BCUT2D eigenvalue weighted by molar-refractivity contribution is 7.88. The fourth-order valence-corrected chi connectivity index (χ4v) is 6.20. The standard InChI is InChI=1S/C22H30N4O3S/c1-17(2)15-20(27)24-11-9-22(10-12-24)21-23-16-19(18-7-5-4-6-8-18)25(21)13-14-26(22)30(3,28)29/h4-8,16-17H,9-15H2,1-3H3. The number of aromatic nitrogens is 2. The lowest BCUT2D eigenvalue weighted by molar-refractivity contribution is -0.134. The Bertz CT molecular complexity index is 1020. The van der Waals surface area contributed by atoms with E-state index in [0.717, 1.165) is 17.1 Å². The minimum absolute atomic E-state index is 0.148. The number of hydrogen-bond acceptors (Lipinski definition) is 4. The van der Waals surface area contributed by atoms with Crippen LogP contribution >= 0.6 is 0 Å². The number of imidazole rings is 1. The van der Waals surface area contributed by atoms with E-state index >= 15 is 0 Å². The average Bonchev–Trinajstić information content (AvgIpc) is 3.13. The summed E-state index contributed by atoms with van der Waals surface area (Å²) >= 11 is 0. The van der Waals surface area contributed by atoms with Crippen molar-refractivity contribution in [2.75, 3.05) is 25.9 Å². The number of amides is 1. The molecular formula is C22H30N4O3S. The summed E-state index contributed by atoms with van der Waals surface area (Å²) in [5, 5.41) is 0. The maximum absolute atomic E-state index is 12.7. The smallest absolute Gasteiger partial charge is 0.222 e. The number of benzene rings is 1. The summed E-state index contributed by atoms with van der Waals surface area (Å²) in [4.78, 5) is 19.2. The molecule has 7 nitrogen and oxygen atoms in total. The van der Waals surface area contributed by atoms with Gasteiger partial charge in [0.1, 0.15) is 5.82 Å². The van der Waals surface area contributed by atoms with Crippen molar-refractivity contribution in [2.24, 2.45) is 5.92 Å². The van der Waals surface area contributed by atoms with Crippen molar-refractivity contribution in [2.45, 2.75) is 45.2 Å². The average molecular weight is 431 g/mol. The second kappa shape index (κ2) is 7.81. The zero-order valence-electron chi connectivity index (χ0n) is 17.9. The normalized spacial score (nSPS) is 19.3. The van der Waals surface area contributed by atoms with E-state index in [2.05, 4.69) is 4.57 Å². The summed E-state index contributed by atoms with van der Waals surface area (Å²) in [5.74, 6) is 1.26. The number of nitrogens with zero attached hydrogens (tertiary/aromatic N) is 4. The molecule has 1 aromatic carbocycles. The second-order valence-corrected chi connectivity index (χ2v) is 10.7. The van der Waals surface area contributed by atoms with Gasteiger partial charge in [0.2, 0.25) is 15.9 Å². The summed E-state index contributed by atoms with van der Waals surface area (Å²) in [5.41, 5.74) is 1.38. The Morgan fingerprint density at radius 2 is 1.77 bits per heavy atom. The summed E-state index contributed by atoms with van der Waals surface area (Å²) in [7, 11) is -3.41. The molecule has 0 unspecified atom stereocenters. The molecule has 0 bridgehead atoms. The highest BCUT2D eigenvalue weighted by Crippen LogP contribution is 2.43. The van der Waals surface area contributed by atoms with Crippen molar-refractivity contribution in [3.05, 3.63) is 42.4 Å². The zero-order valence-corrected chi connectivity index (χ0v) is 18.7. The van der Waals surface area contributed by atoms with Crippen molar-refractivity contribution in [3.63, 3.8) is 0 Å². The van der Waals surface area contributed by atoms with Crippen LogP contribution in [-0.4, -0.2) is 59.0 Å². The molecule has 162 valence electrons. The minimum Gasteiger partial charge on any atom is -0.343 e. The van der Waals surface area contributed by atoms with Crippen LogP contribution in [0.15, 0.2) is 36.5 Å². The molecular weight excluding hydrogens is 400 g/mol. The molecule has 1 fully saturated rings. The molecule has 8 heteroatoms. The molecule has 1 amide bonds. The van der Waals surface area contributed by atoms with Gasteiger partial charge in [-0.15, -0.1) is 0 Å². The monoisotopic (exact) mass is 430 g/mol. The van der Waals surface area contributed by atoms with Crippen LogP contribution in [0.1, 0.15) is 38.9 Å². The van der Waals surface area contributed by atoms with Gasteiger partial charge in [-0.1, -0.05) is 44.2 Å². The van der Waals surface area contributed by atoms with Crippen molar-refractivity contribution < 1.29 is 13.2 Å². The van der Waals surface area contributed by atoms with Gasteiger partial charge in [-0.3, -0.25) is 4.79 Å². The van der Waals surface area contributed by atoms with Crippen LogP contribution < -0.4 is 0 Å². The second-order valence-electron chi connectivity index (χ2n) is 8.83. The molecule has 3 heterocycles. The number of piperidine rings is 1. The molecule has 4 rings (SSSR count). The molecule has 2 aliphatic rings. The predicted octanol–water partition coefficient (Wildman–Crippen LogP) is 2.69. The molecule has 0 N–H and O–H groups in total. The van der Waals surface area contributed by atoms with Crippen molar-refractivity contribution in [1.29, 1.82) is 0 Å².